The summed E-state index contributed by atoms with van der Waals surface area (Å²) >= 11 is 0. The maximum absolute atomic E-state index is 11.1. The monoisotopic (exact) mass is 306 g/mol. The van der Waals surface area contributed by atoms with Gasteiger partial charge in [0.2, 0.25) is 0 Å². The third-order valence-electron chi connectivity index (χ3n) is 3.22. The van der Waals surface area contributed by atoms with Gasteiger partial charge in [-0.15, -0.1) is 0 Å². The van der Waals surface area contributed by atoms with E-state index in [-0.39, 0.29) is 19.1 Å². The molecule has 3 N–H and O–H groups in total. The quantitative estimate of drug-likeness (QED) is 0.435. The number of ether oxygens (including phenoxy) is 2. The van der Waals surface area contributed by atoms with Gasteiger partial charge in [-0.3, -0.25) is 9.59 Å². The second kappa shape index (κ2) is 11.5. The molecule has 0 rings (SSSR count). The van der Waals surface area contributed by atoms with Crippen molar-refractivity contribution in [1.29, 1.82) is 0 Å². The summed E-state index contributed by atoms with van der Waals surface area (Å²) in [5.74, 6) is -4.13. The molecule has 0 radical (unpaired) electrons. The van der Waals surface area contributed by atoms with Gasteiger partial charge in [-0.2, -0.15) is 0 Å². The summed E-state index contributed by atoms with van der Waals surface area (Å²) in [5, 5.41) is 26.5. The van der Waals surface area contributed by atoms with Crippen LogP contribution in [0.5, 0.6) is 0 Å². The standard InChI is InChI=1S/C14H26O7/c1-10(21-7-4-3-6-20-8-5-15)9-12(14(18)19)11(2)13(16)17/h10-12,15H,3-9H2,1-2H3,(H,16,17)(H,18,19). The molecule has 124 valence electrons. The van der Waals surface area contributed by atoms with E-state index in [2.05, 4.69) is 0 Å². The van der Waals surface area contributed by atoms with E-state index in [0.717, 1.165) is 12.8 Å². The van der Waals surface area contributed by atoms with E-state index in [4.69, 9.17) is 24.8 Å². The van der Waals surface area contributed by atoms with Crippen molar-refractivity contribution in [3.63, 3.8) is 0 Å². The fraction of sp³-hybridized carbons (Fsp3) is 0.857. The molecule has 3 unspecified atom stereocenters. The number of carbonyl (C=O) groups is 2. The molecule has 0 aliphatic carbocycles. The van der Waals surface area contributed by atoms with E-state index in [0.29, 0.717) is 19.8 Å². The first-order valence-electron chi connectivity index (χ1n) is 7.16. The Balaban J connectivity index is 3.91. The lowest BCUT2D eigenvalue weighted by atomic mass is 9.89. The van der Waals surface area contributed by atoms with Crippen LogP contribution in [0.4, 0.5) is 0 Å². The van der Waals surface area contributed by atoms with Crippen LogP contribution >= 0.6 is 0 Å². The Bertz CT molecular complexity index is 306. The number of aliphatic hydroxyl groups excluding tert-OH is 1. The van der Waals surface area contributed by atoms with Gasteiger partial charge in [0.15, 0.2) is 0 Å². The van der Waals surface area contributed by atoms with Crippen molar-refractivity contribution in [2.24, 2.45) is 11.8 Å². The molecule has 0 aromatic rings. The largest absolute Gasteiger partial charge is 0.481 e. The number of aliphatic hydroxyl groups is 1. The number of carboxylic acid groups (broad SMARTS) is 2. The summed E-state index contributed by atoms with van der Waals surface area (Å²) in [5.41, 5.74) is 0. The van der Waals surface area contributed by atoms with Crippen molar-refractivity contribution in [3.8, 4) is 0 Å². The van der Waals surface area contributed by atoms with Gasteiger partial charge in [0.1, 0.15) is 0 Å². The molecule has 0 heterocycles. The predicted molar refractivity (Wildman–Crippen MR) is 75.1 cm³/mol. The fourth-order valence-electron chi connectivity index (χ4n) is 1.87. The smallest absolute Gasteiger partial charge is 0.307 e. The molecule has 0 spiro atoms. The maximum Gasteiger partial charge on any atom is 0.307 e. The van der Waals surface area contributed by atoms with Crippen LogP contribution < -0.4 is 0 Å². The molecule has 7 heteroatoms. The summed E-state index contributed by atoms with van der Waals surface area (Å²) in [7, 11) is 0. The molecule has 0 aromatic carbocycles. The van der Waals surface area contributed by atoms with Gasteiger partial charge in [-0.25, -0.2) is 0 Å². The summed E-state index contributed by atoms with van der Waals surface area (Å²) in [6, 6.07) is 0. The van der Waals surface area contributed by atoms with Gasteiger partial charge in [-0.05, 0) is 26.2 Å². The number of carboxylic acids is 2. The van der Waals surface area contributed by atoms with Crippen molar-refractivity contribution in [3.05, 3.63) is 0 Å². The van der Waals surface area contributed by atoms with Crippen LogP contribution in [-0.4, -0.2) is 59.8 Å². The zero-order valence-electron chi connectivity index (χ0n) is 12.7. The number of unbranched alkanes of at least 4 members (excludes halogenated alkanes) is 1. The molecule has 0 fully saturated rings. The van der Waals surface area contributed by atoms with E-state index >= 15 is 0 Å². The number of rotatable bonds is 13. The first-order chi connectivity index (χ1) is 9.90. The molecule has 0 bridgehead atoms. The van der Waals surface area contributed by atoms with Crippen molar-refractivity contribution < 1.29 is 34.4 Å². The molecule has 0 amide bonds. The highest BCUT2D eigenvalue weighted by Crippen LogP contribution is 2.20. The lowest BCUT2D eigenvalue weighted by molar-refractivity contribution is -0.154. The number of aliphatic carboxylic acids is 2. The van der Waals surface area contributed by atoms with Gasteiger partial charge < -0.3 is 24.8 Å². The Hall–Kier alpha value is -1.18. The highest BCUT2D eigenvalue weighted by molar-refractivity contribution is 5.79. The van der Waals surface area contributed by atoms with Crippen LogP contribution in [0.3, 0.4) is 0 Å². The minimum absolute atomic E-state index is 0.00583. The Morgan fingerprint density at radius 3 is 2.14 bits per heavy atom. The summed E-state index contributed by atoms with van der Waals surface area (Å²) < 4.78 is 10.6. The van der Waals surface area contributed by atoms with Crippen LogP contribution in [0, 0.1) is 11.8 Å². The van der Waals surface area contributed by atoms with Crippen molar-refractivity contribution >= 4 is 11.9 Å². The Labute approximate surface area is 124 Å². The lowest BCUT2D eigenvalue weighted by Gasteiger charge is -2.21. The van der Waals surface area contributed by atoms with Crippen LogP contribution in [0.1, 0.15) is 33.1 Å². The molecular formula is C14H26O7. The summed E-state index contributed by atoms with van der Waals surface area (Å²) in [4.78, 5) is 22.0. The first-order valence-corrected chi connectivity index (χ1v) is 7.16. The molecule has 0 aliphatic rings. The van der Waals surface area contributed by atoms with Gasteiger partial charge in [0, 0.05) is 13.2 Å². The van der Waals surface area contributed by atoms with Crippen LogP contribution in [-0.2, 0) is 19.1 Å². The highest BCUT2D eigenvalue weighted by atomic mass is 16.5. The molecule has 3 atom stereocenters. The van der Waals surface area contributed by atoms with Gasteiger partial charge in [0.25, 0.3) is 0 Å². The van der Waals surface area contributed by atoms with E-state index in [9.17, 15) is 9.59 Å². The van der Waals surface area contributed by atoms with E-state index in [1.165, 1.54) is 6.92 Å². The Morgan fingerprint density at radius 2 is 1.62 bits per heavy atom. The van der Waals surface area contributed by atoms with Gasteiger partial charge >= 0.3 is 11.9 Å². The summed E-state index contributed by atoms with van der Waals surface area (Å²) in [6.45, 7) is 4.49. The van der Waals surface area contributed by atoms with Gasteiger partial charge in [0.05, 0.1) is 31.2 Å². The lowest BCUT2D eigenvalue weighted by Crippen LogP contribution is -2.31. The predicted octanol–water partition coefficient (Wildman–Crippen LogP) is 0.992. The average Bonchev–Trinajstić information content (AvgIpc) is 2.42. The van der Waals surface area contributed by atoms with Crippen molar-refractivity contribution in [2.75, 3.05) is 26.4 Å². The minimum Gasteiger partial charge on any atom is -0.481 e. The minimum atomic E-state index is -1.12. The topological polar surface area (TPSA) is 113 Å². The van der Waals surface area contributed by atoms with Crippen molar-refractivity contribution in [1.82, 2.24) is 0 Å². The van der Waals surface area contributed by atoms with E-state index in [1.807, 2.05) is 0 Å². The maximum atomic E-state index is 11.1. The first kappa shape index (κ1) is 19.8. The van der Waals surface area contributed by atoms with Crippen LogP contribution in [0.15, 0.2) is 0 Å². The third kappa shape index (κ3) is 9.38. The molecule has 0 saturated carbocycles. The molecule has 0 aliphatic heterocycles. The normalized spacial score (nSPS) is 15.4. The molecule has 21 heavy (non-hydrogen) atoms. The zero-order valence-corrected chi connectivity index (χ0v) is 12.7. The highest BCUT2D eigenvalue weighted by Gasteiger charge is 2.31. The molecule has 0 aromatic heterocycles. The second-order valence-electron chi connectivity index (χ2n) is 5.03. The average molecular weight is 306 g/mol. The fourth-order valence-corrected chi connectivity index (χ4v) is 1.87. The van der Waals surface area contributed by atoms with E-state index < -0.39 is 23.8 Å². The Morgan fingerprint density at radius 1 is 1.00 bits per heavy atom. The number of hydrogen-bond acceptors (Lipinski definition) is 5. The zero-order chi connectivity index (χ0) is 16.3. The second-order valence-corrected chi connectivity index (χ2v) is 5.03. The SMILES string of the molecule is CC(CC(C(=O)O)C(C)C(=O)O)OCCCCOCCO. The van der Waals surface area contributed by atoms with Crippen molar-refractivity contribution in [2.45, 2.75) is 39.2 Å². The third-order valence-corrected chi connectivity index (χ3v) is 3.22. The van der Waals surface area contributed by atoms with Gasteiger partial charge in [-0.1, -0.05) is 6.92 Å². The van der Waals surface area contributed by atoms with E-state index in [1.54, 1.807) is 6.92 Å². The Kier molecular flexibility index (Phi) is 10.8. The molecule has 0 saturated heterocycles. The van der Waals surface area contributed by atoms with Crippen LogP contribution in [0.25, 0.3) is 0 Å². The molecule has 7 nitrogen and oxygen atoms in total. The molecular weight excluding hydrogens is 280 g/mol. The van der Waals surface area contributed by atoms with Crippen LogP contribution in [0.2, 0.25) is 0 Å². The number of hydrogen-bond donors (Lipinski definition) is 3. The summed E-state index contributed by atoms with van der Waals surface area (Å²) in [6.07, 6.45) is 1.41.